The van der Waals surface area contributed by atoms with Crippen LogP contribution in [0.15, 0.2) is 6.20 Å². The van der Waals surface area contributed by atoms with Gasteiger partial charge in [0, 0.05) is 32.8 Å². The lowest BCUT2D eigenvalue weighted by Gasteiger charge is -2.03. The summed E-state index contributed by atoms with van der Waals surface area (Å²) in [6.07, 6.45) is 1.77. The number of esters is 1. The molecule has 0 unspecified atom stereocenters. The number of carbonyl (C=O) groups excluding carboxylic acids is 3. The Morgan fingerprint density at radius 2 is 2.05 bits per heavy atom. The number of halogens is 1. The zero-order valence-corrected chi connectivity index (χ0v) is 13.2. The van der Waals surface area contributed by atoms with Gasteiger partial charge < -0.3 is 25.7 Å². The van der Waals surface area contributed by atoms with Gasteiger partial charge in [0.15, 0.2) is 5.82 Å². The first-order chi connectivity index (χ1) is 9.97. The molecule has 4 N–H and O–H groups in total. The Bertz CT molecular complexity index is 532. The van der Waals surface area contributed by atoms with Crippen molar-refractivity contribution in [3.05, 3.63) is 12.0 Å². The molecule has 0 saturated carbocycles. The Hall–Kier alpha value is -2.13. The summed E-state index contributed by atoms with van der Waals surface area (Å²) in [4.78, 5) is 38.2. The topological polar surface area (TPSA) is 128 Å². The van der Waals surface area contributed by atoms with E-state index < -0.39 is 11.9 Å². The molecule has 1 rings (SSSR count). The van der Waals surface area contributed by atoms with E-state index in [9.17, 15) is 14.4 Å². The van der Waals surface area contributed by atoms with Crippen molar-refractivity contribution in [2.45, 2.75) is 12.8 Å². The second kappa shape index (κ2) is 9.74. The van der Waals surface area contributed by atoms with Crippen molar-refractivity contribution in [2.24, 2.45) is 12.8 Å². The number of aryl methyl sites for hydroxylation is 1. The summed E-state index contributed by atoms with van der Waals surface area (Å²) < 4.78 is 5.94. The smallest absolute Gasteiger partial charge is 0.307 e. The molecule has 0 aliphatic carbocycles. The van der Waals surface area contributed by atoms with Gasteiger partial charge >= 0.3 is 5.97 Å². The third kappa shape index (κ3) is 6.10. The first-order valence-electron chi connectivity index (χ1n) is 6.36. The molecule has 1 aromatic heterocycles. The number of nitrogens with zero attached hydrogens (tertiary/aromatic N) is 2. The van der Waals surface area contributed by atoms with Crippen LogP contribution in [0, 0.1) is 0 Å². The fourth-order valence-electron chi connectivity index (χ4n) is 1.53. The van der Waals surface area contributed by atoms with Gasteiger partial charge in [0.2, 0.25) is 11.7 Å². The van der Waals surface area contributed by atoms with E-state index in [2.05, 4.69) is 20.4 Å². The highest BCUT2D eigenvalue weighted by molar-refractivity contribution is 5.93. The van der Waals surface area contributed by atoms with Gasteiger partial charge in [0.05, 0.1) is 13.5 Å². The maximum absolute atomic E-state index is 11.9. The summed E-state index contributed by atoms with van der Waals surface area (Å²) in [5.41, 5.74) is 5.27. The molecule has 2 amide bonds. The van der Waals surface area contributed by atoms with Crippen LogP contribution in [0.3, 0.4) is 0 Å². The number of ether oxygens (including phenoxy) is 1. The SMILES string of the molecule is COC(=O)CCNC(=O)c1nc(NC(=O)CCN)cn1C.Cl. The number of nitrogens with two attached hydrogens (primary N) is 1. The van der Waals surface area contributed by atoms with E-state index in [0.29, 0.717) is 0 Å². The van der Waals surface area contributed by atoms with E-state index in [-0.39, 0.29) is 55.9 Å². The third-order valence-corrected chi connectivity index (χ3v) is 2.56. The number of aromatic nitrogens is 2. The minimum absolute atomic E-state index is 0. The van der Waals surface area contributed by atoms with Crippen LogP contribution in [0.4, 0.5) is 5.82 Å². The molecule has 0 bridgehead atoms. The van der Waals surface area contributed by atoms with Gasteiger partial charge in [-0.05, 0) is 0 Å². The number of rotatable bonds is 7. The molecular formula is C12H20ClN5O4. The minimum atomic E-state index is -0.444. The number of carbonyl (C=O) groups is 3. The molecule has 9 nitrogen and oxygen atoms in total. The summed E-state index contributed by atoms with van der Waals surface area (Å²) in [7, 11) is 2.90. The molecule has 124 valence electrons. The molecular weight excluding hydrogens is 314 g/mol. The number of amides is 2. The molecule has 1 heterocycles. The monoisotopic (exact) mass is 333 g/mol. The summed E-state index contributed by atoms with van der Waals surface area (Å²) in [6, 6.07) is 0. The fraction of sp³-hybridized carbons (Fsp3) is 0.500. The van der Waals surface area contributed by atoms with Gasteiger partial charge in [0.1, 0.15) is 0 Å². The second-order valence-electron chi connectivity index (χ2n) is 4.23. The van der Waals surface area contributed by atoms with E-state index >= 15 is 0 Å². The van der Waals surface area contributed by atoms with Crippen LogP contribution in [0.2, 0.25) is 0 Å². The molecule has 0 spiro atoms. The van der Waals surface area contributed by atoms with E-state index in [1.807, 2.05) is 0 Å². The first kappa shape index (κ1) is 19.9. The van der Waals surface area contributed by atoms with Crippen molar-refractivity contribution in [2.75, 3.05) is 25.5 Å². The van der Waals surface area contributed by atoms with Crippen LogP contribution in [0.5, 0.6) is 0 Å². The van der Waals surface area contributed by atoms with E-state index in [4.69, 9.17) is 5.73 Å². The van der Waals surface area contributed by atoms with Crippen LogP contribution < -0.4 is 16.4 Å². The highest BCUT2D eigenvalue weighted by Crippen LogP contribution is 2.07. The fourth-order valence-corrected chi connectivity index (χ4v) is 1.53. The zero-order chi connectivity index (χ0) is 15.8. The van der Waals surface area contributed by atoms with Crippen molar-refractivity contribution >= 4 is 36.0 Å². The molecule has 22 heavy (non-hydrogen) atoms. The van der Waals surface area contributed by atoms with Crippen molar-refractivity contribution in [3.63, 3.8) is 0 Å². The first-order valence-corrected chi connectivity index (χ1v) is 6.36. The number of nitrogens with one attached hydrogen (secondary N) is 2. The minimum Gasteiger partial charge on any atom is -0.469 e. The molecule has 0 fully saturated rings. The van der Waals surface area contributed by atoms with Crippen LogP contribution >= 0.6 is 12.4 Å². The number of imidazole rings is 1. The molecule has 0 aliphatic heterocycles. The predicted molar refractivity (Wildman–Crippen MR) is 81.7 cm³/mol. The number of hydrogen-bond acceptors (Lipinski definition) is 6. The highest BCUT2D eigenvalue weighted by atomic mass is 35.5. The molecule has 0 saturated heterocycles. The molecule has 0 atom stereocenters. The van der Waals surface area contributed by atoms with Gasteiger partial charge in [-0.3, -0.25) is 14.4 Å². The van der Waals surface area contributed by atoms with Gasteiger partial charge in [-0.1, -0.05) is 0 Å². The molecule has 0 radical (unpaired) electrons. The molecule has 0 aromatic carbocycles. The van der Waals surface area contributed by atoms with Crippen LogP contribution in [-0.4, -0.2) is 47.5 Å². The summed E-state index contributed by atoms with van der Waals surface area (Å²) in [5.74, 6) is -0.726. The van der Waals surface area contributed by atoms with E-state index in [1.54, 1.807) is 7.05 Å². The maximum Gasteiger partial charge on any atom is 0.307 e. The maximum atomic E-state index is 11.9. The standard InChI is InChI=1S/C12H19N5O4.ClH/c1-17-7-8(15-9(18)3-5-13)16-11(17)12(20)14-6-4-10(19)21-2;/h7H,3-6,13H2,1-2H3,(H,14,20)(H,15,18);1H. The van der Waals surface area contributed by atoms with Gasteiger partial charge in [-0.15, -0.1) is 12.4 Å². The van der Waals surface area contributed by atoms with Gasteiger partial charge in [0.25, 0.3) is 5.91 Å². The largest absolute Gasteiger partial charge is 0.469 e. The summed E-state index contributed by atoms with van der Waals surface area (Å²) >= 11 is 0. The van der Waals surface area contributed by atoms with Gasteiger partial charge in [-0.25, -0.2) is 4.98 Å². The Morgan fingerprint density at radius 3 is 2.64 bits per heavy atom. The lowest BCUT2D eigenvalue weighted by molar-refractivity contribution is -0.140. The average Bonchev–Trinajstić information content (AvgIpc) is 2.79. The molecule has 1 aromatic rings. The van der Waals surface area contributed by atoms with Crippen LogP contribution in [0.1, 0.15) is 23.5 Å². The van der Waals surface area contributed by atoms with Gasteiger partial charge in [-0.2, -0.15) is 0 Å². The Morgan fingerprint density at radius 1 is 1.36 bits per heavy atom. The molecule has 0 aliphatic rings. The summed E-state index contributed by atoms with van der Waals surface area (Å²) in [6.45, 7) is 0.382. The lowest BCUT2D eigenvalue weighted by Crippen LogP contribution is -2.28. The average molecular weight is 334 g/mol. The highest BCUT2D eigenvalue weighted by Gasteiger charge is 2.15. The predicted octanol–water partition coefficient (Wildman–Crippen LogP) is -0.578. The zero-order valence-electron chi connectivity index (χ0n) is 12.4. The van der Waals surface area contributed by atoms with Crippen LogP contribution in [-0.2, 0) is 21.4 Å². The lowest BCUT2D eigenvalue weighted by atomic mass is 10.4. The van der Waals surface area contributed by atoms with Crippen molar-refractivity contribution < 1.29 is 19.1 Å². The van der Waals surface area contributed by atoms with Crippen molar-refractivity contribution in [1.82, 2.24) is 14.9 Å². The second-order valence-corrected chi connectivity index (χ2v) is 4.23. The van der Waals surface area contributed by atoms with E-state index in [0.717, 1.165) is 0 Å². The third-order valence-electron chi connectivity index (χ3n) is 2.56. The number of anilines is 1. The molecule has 10 heteroatoms. The number of hydrogen-bond donors (Lipinski definition) is 3. The van der Waals surface area contributed by atoms with Crippen molar-refractivity contribution in [1.29, 1.82) is 0 Å². The number of methoxy groups -OCH3 is 1. The van der Waals surface area contributed by atoms with Crippen LogP contribution in [0.25, 0.3) is 0 Å². The normalized spacial score (nSPS) is 9.59. The summed E-state index contributed by atoms with van der Waals surface area (Å²) in [5, 5.41) is 5.08. The van der Waals surface area contributed by atoms with E-state index in [1.165, 1.54) is 17.9 Å². The Labute approximate surface area is 134 Å². The van der Waals surface area contributed by atoms with Crippen molar-refractivity contribution in [3.8, 4) is 0 Å². The quantitative estimate of drug-likeness (QED) is 0.573. The Balaban J connectivity index is 0.00000441. The Kier molecular flexibility index (Phi) is 8.80.